The molecule has 0 aliphatic heterocycles. The molecular weight excluding hydrogens is 182 g/mol. The van der Waals surface area contributed by atoms with Gasteiger partial charge in [0, 0.05) is 0 Å². The Morgan fingerprint density at radius 2 is 2.00 bits per heavy atom. The number of furan rings is 1. The van der Waals surface area contributed by atoms with Crippen molar-refractivity contribution in [1.82, 2.24) is 5.32 Å². The van der Waals surface area contributed by atoms with Gasteiger partial charge >= 0.3 is 0 Å². The van der Waals surface area contributed by atoms with E-state index in [0.29, 0.717) is 6.54 Å². The third-order valence-electron chi connectivity index (χ3n) is 2.18. The van der Waals surface area contributed by atoms with E-state index in [4.69, 9.17) is 14.6 Å². The highest BCUT2D eigenvalue weighted by Gasteiger charge is 2.21. The van der Waals surface area contributed by atoms with Crippen LogP contribution in [0.1, 0.15) is 18.4 Å². The van der Waals surface area contributed by atoms with Gasteiger partial charge in [0.1, 0.15) is 11.5 Å². The average molecular weight is 199 g/mol. The lowest BCUT2D eigenvalue weighted by Gasteiger charge is -2.25. The number of hydrogen-bond acceptors (Lipinski definition) is 4. The van der Waals surface area contributed by atoms with Crippen molar-refractivity contribution in [2.24, 2.45) is 0 Å². The standard InChI is InChI=1S/C10H17NO3/c1-8-3-4-9(14-8)5-11-10(2,6-12)7-13/h3-4,11-13H,5-7H2,1-2H3. The van der Waals surface area contributed by atoms with Crippen molar-refractivity contribution in [3.8, 4) is 0 Å². The molecule has 0 aliphatic rings. The van der Waals surface area contributed by atoms with E-state index < -0.39 is 5.54 Å². The van der Waals surface area contributed by atoms with Crippen molar-refractivity contribution < 1.29 is 14.6 Å². The van der Waals surface area contributed by atoms with E-state index in [-0.39, 0.29) is 13.2 Å². The van der Waals surface area contributed by atoms with Gasteiger partial charge in [-0.2, -0.15) is 0 Å². The molecule has 4 heteroatoms. The van der Waals surface area contributed by atoms with E-state index in [9.17, 15) is 0 Å². The Hall–Kier alpha value is -0.840. The van der Waals surface area contributed by atoms with Gasteiger partial charge in [0.2, 0.25) is 0 Å². The third-order valence-corrected chi connectivity index (χ3v) is 2.18. The molecule has 0 aliphatic carbocycles. The topological polar surface area (TPSA) is 65.6 Å². The predicted molar refractivity (Wildman–Crippen MR) is 52.9 cm³/mol. The summed E-state index contributed by atoms with van der Waals surface area (Å²) >= 11 is 0. The molecule has 3 N–H and O–H groups in total. The Bertz CT molecular complexity index is 279. The van der Waals surface area contributed by atoms with Gasteiger partial charge in [0.05, 0.1) is 25.3 Å². The largest absolute Gasteiger partial charge is 0.465 e. The molecule has 80 valence electrons. The zero-order chi connectivity index (χ0) is 10.6. The Morgan fingerprint density at radius 1 is 1.36 bits per heavy atom. The van der Waals surface area contributed by atoms with Crippen LogP contribution < -0.4 is 5.32 Å². The van der Waals surface area contributed by atoms with Crippen LogP contribution in [-0.4, -0.2) is 29.0 Å². The summed E-state index contributed by atoms with van der Waals surface area (Å²) in [6.45, 7) is 3.92. The number of nitrogens with one attached hydrogen (secondary N) is 1. The number of aliphatic hydroxyl groups excluding tert-OH is 2. The molecule has 0 atom stereocenters. The fourth-order valence-electron chi connectivity index (χ4n) is 1.04. The molecule has 0 radical (unpaired) electrons. The summed E-state index contributed by atoms with van der Waals surface area (Å²) in [6.07, 6.45) is 0. The van der Waals surface area contributed by atoms with Crippen molar-refractivity contribution in [1.29, 1.82) is 0 Å². The van der Waals surface area contributed by atoms with Crippen molar-refractivity contribution >= 4 is 0 Å². The quantitative estimate of drug-likeness (QED) is 0.643. The Kier molecular flexibility index (Phi) is 3.69. The second-order valence-electron chi connectivity index (χ2n) is 3.74. The minimum Gasteiger partial charge on any atom is -0.465 e. The molecular formula is C10H17NO3. The average Bonchev–Trinajstić information content (AvgIpc) is 2.61. The van der Waals surface area contributed by atoms with Crippen LogP contribution in [0.3, 0.4) is 0 Å². The number of aryl methyl sites for hydroxylation is 1. The molecule has 0 saturated carbocycles. The maximum absolute atomic E-state index is 9.02. The van der Waals surface area contributed by atoms with Crippen LogP contribution >= 0.6 is 0 Å². The van der Waals surface area contributed by atoms with Crippen molar-refractivity contribution in [2.75, 3.05) is 13.2 Å². The molecule has 4 nitrogen and oxygen atoms in total. The normalized spacial score (nSPS) is 12.0. The summed E-state index contributed by atoms with van der Waals surface area (Å²) in [5.74, 6) is 1.66. The third kappa shape index (κ3) is 2.83. The van der Waals surface area contributed by atoms with E-state index in [0.717, 1.165) is 11.5 Å². The molecule has 0 bridgehead atoms. The Balaban J connectivity index is 2.47. The van der Waals surface area contributed by atoms with E-state index in [1.54, 1.807) is 6.92 Å². The molecule has 1 rings (SSSR count). The van der Waals surface area contributed by atoms with Gasteiger partial charge in [-0.25, -0.2) is 0 Å². The summed E-state index contributed by atoms with van der Waals surface area (Å²) in [6, 6.07) is 3.75. The summed E-state index contributed by atoms with van der Waals surface area (Å²) in [7, 11) is 0. The first kappa shape index (κ1) is 11.2. The lowest BCUT2D eigenvalue weighted by atomic mass is 10.1. The number of hydrogen-bond donors (Lipinski definition) is 3. The SMILES string of the molecule is Cc1ccc(CNC(C)(CO)CO)o1. The molecule has 0 aromatic carbocycles. The van der Waals surface area contributed by atoms with Crippen LogP contribution in [-0.2, 0) is 6.54 Å². The number of aliphatic hydroxyl groups is 2. The summed E-state index contributed by atoms with van der Waals surface area (Å²) in [5.41, 5.74) is -0.652. The molecule has 1 heterocycles. The van der Waals surface area contributed by atoms with Gasteiger partial charge in [-0.05, 0) is 26.0 Å². The second-order valence-corrected chi connectivity index (χ2v) is 3.74. The van der Waals surface area contributed by atoms with Crippen LogP contribution in [0.15, 0.2) is 16.5 Å². The monoisotopic (exact) mass is 199 g/mol. The van der Waals surface area contributed by atoms with E-state index in [1.165, 1.54) is 0 Å². The highest BCUT2D eigenvalue weighted by molar-refractivity contribution is 5.05. The van der Waals surface area contributed by atoms with Crippen molar-refractivity contribution in [3.63, 3.8) is 0 Å². The molecule has 1 aromatic heterocycles. The van der Waals surface area contributed by atoms with E-state index in [1.807, 2.05) is 19.1 Å². The maximum atomic E-state index is 9.02. The van der Waals surface area contributed by atoms with Gasteiger partial charge in [-0.15, -0.1) is 0 Å². The van der Waals surface area contributed by atoms with E-state index in [2.05, 4.69) is 5.32 Å². The van der Waals surface area contributed by atoms with Crippen LogP contribution in [0.4, 0.5) is 0 Å². The zero-order valence-electron chi connectivity index (χ0n) is 8.58. The second kappa shape index (κ2) is 4.59. The lowest BCUT2D eigenvalue weighted by molar-refractivity contribution is 0.101. The minimum atomic E-state index is -0.652. The molecule has 0 saturated heterocycles. The van der Waals surface area contributed by atoms with E-state index >= 15 is 0 Å². The fraction of sp³-hybridized carbons (Fsp3) is 0.600. The van der Waals surface area contributed by atoms with Gasteiger partial charge in [0.15, 0.2) is 0 Å². The van der Waals surface area contributed by atoms with Gasteiger partial charge in [-0.3, -0.25) is 0 Å². The smallest absolute Gasteiger partial charge is 0.117 e. The highest BCUT2D eigenvalue weighted by atomic mass is 16.3. The van der Waals surface area contributed by atoms with Gasteiger partial charge in [0.25, 0.3) is 0 Å². The van der Waals surface area contributed by atoms with Crippen LogP contribution in [0, 0.1) is 6.92 Å². The Morgan fingerprint density at radius 3 is 2.43 bits per heavy atom. The summed E-state index contributed by atoms with van der Waals surface area (Å²) < 4.78 is 5.34. The van der Waals surface area contributed by atoms with Crippen LogP contribution in [0.25, 0.3) is 0 Å². The summed E-state index contributed by atoms with van der Waals surface area (Å²) in [4.78, 5) is 0. The van der Waals surface area contributed by atoms with Crippen LogP contribution in [0.2, 0.25) is 0 Å². The maximum Gasteiger partial charge on any atom is 0.117 e. The highest BCUT2D eigenvalue weighted by Crippen LogP contribution is 2.08. The van der Waals surface area contributed by atoms with Crippen molar-refractivity contribution in [2.45, 2.75) is 25.9 Å². The molecule has 0 spiro atoms. The Labute approximate surface area is 83.6 Å². The molecule has 14 heavy (non-hydrogen) atoms. The first-order valence-electron chi connectivity index (χ1n) is 4.62. The first-order chi connectivity index (χ1) is 6.59. The first-order valence-corrected chi connectivity index (χ1v) is 4.62. The molecule has 1 aromatic rings. The minimum absolute atomic E-state index is 0.108. The van der Waals surface area contributed by atoms with Gasteiger partial charge in [-0.1, -0.05) is 0 Å². The lowest BCUT2D eigenvalue weighted by Crippen LogP contribution is -2.48. The summed E-state index contributed by atoms with van der Waals surface area (Å²) in [5, 5.41) is 21.1. The van der Waals surface area contributed by atoms with Gasteiger partial charge < -0.3 is 19.9 Å². The molecule has 0 amide bonds. The van der Waals surface area contributed by atoms with Crippen LogP contribution in [0.5, 0.6) is 0 Å². The molecule has 0 unspecified atom stereocenters. The number of rotatable bonds is 5. The fourth-order valence-corrected chi connectivity index (χ4v) is 1.04. The zero-order valence-corrected chi connectivity index (χ0v) is 8.58. The predicted octanol–water partition coefficient (Wildman–Crippen LogP) is 0.421. The van der Waals surface area contributed by atoms with Crippen molar-refractivity contribution in [3.05, 3.63) is 23.7 Å². The molecule has 0 fully saturated rings.